The Bertz CT molecular complexity index is 430. The van der Waals surface area contributed by atoms with E-state index >= 15 is 0 Å². The van der Waals surface area contributed by atoms with Gasteiger partial charge in [0.15, 0.2) is 5.69 Å². The highest BCUT2D eigenvalue weighted by atomic mass is 16.5. The highest BCUT2D eigenvalue weighted by molar-refractivity contribution is 5.44. The second-order valence-electron chi connectivity index (χ2n) is 4.56. The quantitative estimate of drug-likeness (QED) is 0.838. The molecule has 0 saturated heterocycles. The van der Waals surface area contributed by atoms with E-state index in [9.17, 15) is 4.79 Å². The van der Waals surface area contributed by atoms with Gasteiger partial charge in [-0.3, -0.25) is 4.79 Å². The van der Waals surface area contributed by atoms with Crippen LogP contribution in [-0.2, 0) is 0 Å². The van der Waals surface area contributed by atoms with Gasteiger partial charge in [0, 0.05) is 0 Å². The van der Waals surface area contributed by atoms with Crippen molar-refractivity contribution in [3.8, 4) is 5.88 Å². The number of hydrogen-bond donors (Lipinski definition) is 2. The van der Waals surface area contributed by atoms with Crippen molar-refractivity contribution in [2.45, 2.75) is 45.1 Å². The molecule has 1 aliphatic rings. The fraction of sp³-hybridized carbons (Fsp3) is 0.667. The number of nitrogens with one attached hydrogen (secondary N) is 1. The van der Waals surface area contributed by atoms with Crippen molar-refractivity contribution in [1.29, 1.82) is 0 Å². The van der Waals surface area contributed by atoms with Gasteiger partial charge in [0.2, 0.25) is 5.88 Å². The van der Waals surface area contributed by atoms with E-state index in [1.165, 1.54) is 25.6 Å². The number of aromatic nitrogens is 2. The minimum absolute atomic E-state index is 0.0768. The molecule has 0 amide bonds. The number of rotatable bonds is 3. The first-order valence-corrected chi connectivity index (χ1v) is 6.22. The van der Waals surface area contributed by atoms with Crippen LogP contribution in [0.3, 0.4) is 0 Å². The molecule has 2 rings (SSSR count). The molecule has 5 nitrogen and oxygen atoms in total. The molecule has 94 valence electrons. The average molecular weight is 237 g/mol. The van der Waals surface area contributed by atoms with Gasteiger partial charge in [-0.15, -0.1) is 0 Å². The number of nitrogens with zero attached hydrogens (tertiary/aromatic N) is 1. The first-order valence-electron chi connectivity index (χ1n) is 6.22. The molecule has 17 heavy (non-hydrogen) atoms. The molecule has 1 fully saturated rings. The van der Waals surface area contributed by atoms with Gasteiger partial charge < -0.3 is 15.5 Å². The maximum Gasteiger partial charge on any atom is 0.277 e. The van der Waals surface area contributed by atoms with Crippen LogP contribution in [0.15, 0.2) is 11.1 Å². The van der Waals surface area contributed by atoms with E-state index < -0.39 is 0 Å². The zero-order valence-corrected chi connectivity index (χ0v) is 10.1. The summed E-state index contributed by atoms with van der Waals surface area (Å²) in [4.78, 5) is 17.8. The fourth-order valence-corrected chi connectivity index (χ4v) is 2.43. The van der Waals surface area contributed by atoms with E-state index in [1.54, 1.807) is 0 Å². The van der Waals surface area contributed by atoms with Crippen LogP contribution in [0.1, 0.15) is 39.0 Å². The summed E-state index contributed by atoms with van der Waals surface area (Å²) < 4.78 is 5.81. The molecule has 2 unspecified atom stereocenters. The molecule has 0 spiro atoms. The SMILES string of the molecule is CCC1CCCCC1Oc1nc[nH]c(=O)c1N. The van der Waals surface area contributed by atoms with Gasteiger partial charge in [-0.1, -0.05) is 13.3 Å². The third kappa shape index (κ3) is 2.60. The van der Waals surface area contributed by atoms with Crippen LogP contribution in [0.2, 0.25) is 0 Å². The average Bonchev–Trinajstić information content (AvgIpc) is 2.35. The number of aromatic amines is 1. The zero-order chi connectivity index (χ0) is 12.3. The summed E-state index contributed by atoms with van der Waals surface area (Å²) in [6.45, 7) is 2.17. The minimum atomic E-state index is -0.334. The largest absolute Gasteiger partial charge is 0.472 e. The van der Waals surface area contributed by atoms with E-state index in [0.717, 1.165) is 12.8 Å². The fourth-order valence-electron chi connectivity index (χ4n) is 2.43. The molecule has 3 N–H and O–H groups in total. The summed E-state index contributed by atoms with van der Waals surface area (Å²) in [5, 5.41) is 0. The molecule has 0 radical (unpaired) electrons. The van der Waals surface area contributed by atoms with Crippen molar-refractivity contribution in [3.05, 3.63) is 16.7 Å². The van der Waals surface area contributed by atoms with Crippen LogP contribution >= 0.6 is 0 Å². The van der Waals surface area contributed by atoms with Gasteiger partial charge in [0.1, 0.15) is 6.10 Å². The van der Waals surface area contributed by atoms with Gasteiger partial charge in [-0.2, -0.15) is 0 Å². The van der Waals surface area contributed by atoms with Gasteiger partial charge in [0.05, 0.1) is 6.33 Å². The number of anilines is 1. The summed E-state index contributed by atoms with van der Waals surface area (Å²) in [5.41, 5.74) is 5.40. The lowest BCUT2D eigenvalue weighted by atomic mass is 9.85. The van der Waals surface area contributed by atoms with E-state index in [2.05, 4.69) is 16.9 Å². The number of hydrogen-bond acceptors (Lipinski definition) is 4. The van der Waals surface area contributed by atoms with E-state index in [4.69, 9.17) is 10.5 Å². The summed E-state index contributed by atoms with van der Waals surface area (Å²) in [5.74, 6) is 0.823. The summed E-state index contributed by atoms with van der Waals surface area (Å²) >= 11 is 0. The van der Waals surface area contributed by atoms with Gasteiger partial charge in [-0.25, -0.2) is 4.98 Å². The number of ether oxygens (including phenoxy) is 1. The maximum absolute atomic E-state index is 11.3. The first-order chi connectivity index (χ1) is 8.22. The third-order valence-corrected chi connectivity index (χ3v) is 3.48. The number of nitrogens with two attached hydrogens (primary N) is 1. The molecule has 0 bridgehead atoms. The maximum atomic E-state index is 11.3. The molecule has 1 saturated carbocycles. The van der Waals surface area contributed by atoms with Crippen LogP contribution in [0.5, 0.6) is 5.88 Å². The molecule has 1 aliphatic carbocycles. The first kappa shape index (κ1) is 12.0. The van der Waals surface area contributed by atoms with Gasteiger partial charge in [0.25, 0.3) is 5.56 Å². The Morgan fingerprint density at radius 2 is 2.29 bits per heavy atom. The standard InChI is InChI=1S/C12H19N3O2/c1-2-8-5-3-4-6-9(8)17-12-10(13)11(16)14-7-15-12/h7-9H,2-6,13H2,1H3,(H,14,15,16). The van der Waals surface area contributed by atoms with Crippen molar-refractivity contribution in [2.24, 2.45) is 5.92 Å². The lowest BCUT2D eigenvalue weighted by Gasteiger charge is -2.30. The molecular weight excluding hydrogens is 218 g/mol. The van der Waals surface area contributed by atoms with Crippen molar-refractivity contribution in [3.63, 3.8) is 0 Å². The zero-order valence-electron chi connectivity index (χ0n) is 10.1. The monoisotopic (exact) mass is 237 g/mol. The summed E-state index contributed by atoms with van der Waals surface area (Å²) in [6.07, 6.45) is 7.20. The van der Waals surface area contributed by atoms with Gasteiger partial charge in [-0.05, 0) is 31.6 Å². The predicted octanol–water partition coefficient (Wildman–Crippen LogP) is 1.70. The Balaban J connectivity index is 2.13. The highest BCUT2D eigenvalue weighted by Gasteiger charge is 2.26. The topological polar surface area (TPSA) is 81.0 Å². The van der Waals surface area contributed by atoms with E-state index in [-0.39, 0.29) is 23.2 Å². The molecule has 1 aromatic heterocycles. The molecular formula is C12H19N3O2. The molecule has 0 aliphatic heterocycles. The summed E-state index contributed by atoms with van der Waals surface area (Å²) in [7, 11) is 0. The van der Waals surface area contributed by atoms with Crippen LogP contribution in [0.4, 0.5) is 5.69 Å². The lowest BCUT2D eigenvalue weighted by Crippen LogP contribution is -2.31. The van der Waals surface area contributed by atoms with Crippen molar-refractivity contribution in [1.82, 2.24) is 9.97 Å². The Hall–Kier alpha value is -1.52. The Labute approximate surface area is 100 Å². The van der Waals surface area contributed by atoms with Crippen molar-refractivity contribution >= 4 is 5.69 Å². The number of nitrogen functional groups attached to an aromatic ring is 1. The normalized spacial score (nSPS) is 24.5. The Morgan fingerprint density at radius 1 is 1.53 bits per heavy atom. The molecule has 1 heterocycles. The van der Waals surface area contributed by atoms with Crippen molar-refractivity contribution < 1.29 is 4.74 Å². The van der Waals surface area contributed by atoms with Gasteiger partial charge >= 0.3 is 0 Å². The predicted molar refractivity (Wildman–Crippen MR) is 65.9 cm³/mol. The smallest absolute Gasteiger partial charge is 0.277 e. The Morgan fingerprint density at radius 3 is 3.06 bits per heavy atom. The van der Waals surface area contributed by atoms with E-state index in [1.807, 2.05) is 0 Å². The van der Waals surface area contributed by atoms with Crippen LogP contribution < -0.4 is 16.0 Å². The Kier molecular flexibility index (Phi) is 3.66. The minimum Gasteiger partial charge on any atom is -0.472 e. The molecule has 0 aromatic carbocycles. The van der Waals surface area contributed by atoms with Crippen LogP contribution in [0.25, 0.3) is 0 Å². The summed E-state index contributed by atoms with van der Waals surface area (Å²) in [6, 6.07) is 0. The van der Waals surface area contributed by atoms with Crippen LogP contribution in [0, 0.1) is 5.92 Å². The third-order valence-electron chi connectivity index (χ3n) is 3.48. The molecule has 2 atom stereocenters. The van der Waals surface area contributed by atoms with Crippen LogP contribution in [-0.4, -0.2) is 16.1 Å². The second kappa shape index (κ2) is 5.21. The highest BCUT2D eigenvalue weighted by Crippen LogP contribution is 2.30. The van der Waals surface area contributed by atoms with Crippen molar-refractivity contribution in [2.75, 3.05) is 5.73 Å². The lowest BCUT2D eigenvalue weighted by molar-refractivity contribution is 0.0864. The second-order valence-corrected chi connectivity index (χ2v) is 4.56. The molecule has 5 heteroatoms. The molecule has 1 aromatic rings. The number of H-pyrrole nitrogens is 1. The van der Waals surface area contributed by atoms with E-state index in [0.29, 0.717) is 5.92 Å².